The summed E-state index contributed by atoms with van der Waals surface area (Å²) >= 11 is 0. The largest absolute Gasteiger partial charge is 0.507 e. The second kappa shape index (κ2) is 6.68. The third kappa shape index (κ3) is 2.76. The Morgan fingerprint density at radius 2 is 1.88 bits per heavy atom. The molecule has 2 aromatic carbocycles. The first-order valence-electron chi connectivity index (χ1n) is 7.89. The van der Waals surface area contributed by atoms with Crippen LogP contribution in [0.1, 0.15) is 25.0 Å². The van der Waals surface area contributed by atoms with Gasteiger partial charge in [-0.2, -0.15) is 0 Å². The van der Waals surface area contributed by atoms with Crippen molar-refractivity contribution in [1.29, 1.82) is 0 Å². The van der Waals surface area contributed by atoms with Gasteiger partial charge in [-0.15, -0.1) is 0 Å². The number of phenolic OH excluding ortho intramolecular Hbond substituents is 1. The second-order valence-corrected chi connectivity index (χ2v) is 5.90. The van der Waals surface area contributed by atoms with E-state index in [4.69, 9.17) is 13.9 Å². The molecule has 7 heteroatoms. The predicted molar refractivity (Wildman–Crippen MR) is 95.0 cm³/mol. The molecule has 1 heterocycles. The van der Waals surface area contributed by atoms with Gasteiger partial charge in [-0.1, -0.05) is 6.07 Å². The van der Waals surface area contributed by atoms with Crippen LogP contribution in [-0.4, -0.2) is 30.2 Å². The Hall–Kier alpha value is -3.06. The fourth-order valence-electron chi connectivity index (χ4n) is 3.05. The van der Waals surface area contributed by atoms with E-state index < -0.39 is 11.5 Å². The van der Waals surface area contributed by atoms with Crippen molar-refractivity contribution < 1.29 is 28.9 Å². The molecule has 0 aliphatic carbocycles. The van der Waals surface area contributed by atoms with Crippen LogP contribution in [0.4, 0.5) is 0 Å². The Morgan fingerprint density at radius 1 is 1.19 bits per heavy atom. The van der Waals surface area contributed by atoms with Crippen LogP contribution < -0.4 is 14.9 Å². The first-order valence-corrected chi connectivity index (χ1v) is 7.89. The fraction of sp³-hybridized carbons (Fsp3) is 0.263. The number of ether oxygens (including phenoxy) is 2. The number of aliphatic hydroxyl groups excluding tert-OH is 1. The standard InChI is InChI=1S/C19H18O7/c1-9(20)7-10(21)15-14(25-3)8-11(22)16-18(23)17-12(24-2)5-4-6-13(17)26-19(15)16/h4-6,8,10,21-22H,7H2,1-3H3/t10-/m0/s1. The van der Waals surface area contributed by atoms with Crippen molar-refractivity contribution in [2.75, 3.05) is 14.2 Å². The molecule has 0 bridgehead atoms. The van der Waals surface area contributed by atoms with Crippen LogP contribution in [0, 0.1) is 0 Å². The molecule has 3 rings (SSSR count). The number of phenols is 1. The zero-order valence-corrected chi connectivity index (χ0v) is 14.5. The van der Waals surface area contributed by atoms with Gasteiger partial charge in [0.15, 0.2) is 5.58 Å². The molecule has 2 N–H and O–H groups in total. The lowest BCUT2D eigenvalue weighted by molar-refractivity contribution is -0.118. The van der Waals surface area contributed by atoms with Crippen LogP contribution >= 0.6 is 0 Å². The third-order valence-electron chi connectivity index (χ3n) is 4.17. The van der Waals surface area contributed by atoms with Crippen molar-refractivity contribution in [3.63, 3.8) is 0 Å². The average molecular weight is 358 g/mol. The average Bonchev–Trinajstić information content (AvgIpc) is 2.59. The molecule has 0 fully saturated rings. The molecule has 0 spiro atoms. The molecule has 0 saturated heterocycles. The molecule has 0 unspecified atom stereocenters. The summed E-state index contributed by atoms with van der Waals surface area (Å²) in [4.78, 5) is 24.4. The fourth-order valence-corrected chi connectivity index (χ4v) is 3.05. The van der Waals surface area contributed by atoms with Gasteiger partial charge in [0.05, 0.1) is 25.9 Å². The van der Waals surface area contributed by atoms with E-state index in [1.165, 1.54) is 27.2 Å². The molecular formula is C19H18O7. The van der Waals surface area contributed by atoms with Gasteiger partial charge in [-0.25, -0.2) is 0 Å². The SMILES string of the molecule is COc1cc(O)c2c(=O)c3c(OC)cccc3oc2c1[C@@H](O)CC(C)=O. The number of ketones is 1. The third-order valence-corrected chi connectivity index (χ3v) is 4.17. The Balaban J connectivity index is 2.49. The molecule has 1 atom stereocenters. The first kappa shape index (κ1) is 17.8. The van der Waals surface area contributed by atoms with Crippen molar-refractivity contribution in [2.24, 2.45) is 0 Å². The van der Waals surface area contributed by atoms with Crippen molar-refractivity contribution in [3.05, 3.63) is 40.1 Å². The lowest BCUT2D eigenvalue weighted by Crippen LogP contribution is -2.10. The van der Waals surface area contributed by atoms with Gasteiger partial charge in [0, 0.05) is 12.5 Å². The minimum absolute atomic E-state index is 0.0265. The minimum atomic E-state index is -1.25. The van der Waals surface area contributed by atoms with Crippen LogP contribution in [0.2, 0.25) is 0 Å². The van der Waals surface area contributed by atoms with Crippen molar-refractivity contribution in [2.45, 2.75) is 19.4 Å². The van der Waals surface area contributed by atoms with E-state index in [0.717, 1.165) is 0 Å². The van der Waals surface area contributed by atoms with Crippen LogP contribution in [-0.2, 0) is 4.79 Å². The molecule has 0 saturated carbocycles. The summed E-state index contributed by atoms with van der Waals surface area (Å²) < 4.78 is 16.3. The van der Waals surface area contributed by atoms with E-state index in [0.29, 0.717) is 5.75 Å². The highest BCUT2D eigenvalue weighted by Gasteiger charge is 2.26. The Labute approximate surface area is 148 Å². The van der Waals surface area contributed by atoms with E-state index in [9.17, 15) is 19.8 Å². The molecule has 0 radical (unpaired) electrons. The molecule has 0 aliphatic rings. The highest BCUT2D eigenvalue weighted by Crippen LogP contribution is 2.40. The van der Waals surface area contributed by atoms with E-state index in [2.05, 4.69) is 0 Å². The molecule has 1 aromatic heterocycles. The highest BCUT2D eigenvalue weighted by atomic mass is 16.5. The van der Waals surface area contributed by atoms with Crippen molar-refractivity contribution in [1.82, 2.24) is 0 Å². The molecule has 7 nitrogen and oxygen atoms in total. The number of carbonyl (C=O) groups is 1. The van der Waals surface area contributed by atoms with E-state index in [1.807, 2.05) is 0 Å². The summed E-state index contributed by atoms with van der Waals surface area (Å²) in [5.74, 6) is -0.170. The number of Topliss-reactive ketones (excluding diaryl/α,β-unsaturated/α-hetero) is 1. The van der Waals surface area contributed by atoms with Crippen LogP contribution in [0.15, 0.2) is 33.5 Å². The number of aromatic hydroxyl groups is 1. The van der Waals surface area contributed by atoms with Gasteiger partial charge >= 0.3 is 0 Å². The summed E-state index contributed by atoms with van der Waals surface area (Å²) in [6.45, 7) is 1.34. The highest BCUT2D eigenvalue weighted by molar-refractivity contribution is 5.98. The normalized spacial score (nSPS) is 12.3. The van der Waals surface area contributed by atoms with Gasteiger partial charge < -0.3 is 24.1 Å². The molecule has 136 valence electrons. The van der Waals surface area contributed by atoms with Gasteiger partial charge in [0.2, 0.25) is 5.43 Å². The lowest BCUT2D eigenvalue weighted by Gasteiger charge is -2.17. The number of benzene rings is 2. The van der Waals surface area contributed by atoms with Crippen LogP contribution in [0.5, 0.6) is 17.2 Å². The Morgan fingerprint density at radius 3 is 2.50 bits per heavy atom. The Bertz CT molecular complexity index is 1070. The number of hydrogen-bond acceptors (Lipinski definition) is 7. The monoisotopic (exact) mass is 358 g/mol. The number of aliphatic hydroxyl groups is 1. The van der Waals surface area contributed by atoms with Gasteiger partial charge in [-0.05, 0) is 19.1 Å². The van der Waals surface area contributed by atoms with E-state index in [-0.39, 0.29) is 51.2 Å². The molecular weight excluding hydrogens is 340 g/mol. The van der Waals surface area contributed by atoms with E-state index in [1.54, 1.807) is 18.2 Å². The van der Waals surface area contributed by atoms with Gasteiger partial charge in [0.1, 0.15) is 39.4 Å². The maximum absolute atomic E-state index is 13.0. The Kier molecular flexibility index (Phi) is 4.56. The topological polar surface area (TPSA) is 106 Å². The maximum atomic E-state index is 13.0. The molecule has 0 aliphatic heterocycles. The van der Waals surface area contributed by atoms with Crippen LogP contribution in [0.25, 0.3) is 21.9 Å². The molecule has 3 aromatic rings. The minimum Gasteiger partial charge on any atom is -0.507 e. The van der Waals surface area contributed by atoms with E-state index >= 15 is 0 Å². The number of methoxy groups -OCH3 is 2. The first-order chi connectivity index (χ1) is 12.4. The number of hydrogen-bond donors (Lipinski definition) is 2. The summed E-state index contributed by atoms with van der Waals surface area (Å²) in [6.07, 6.45) is -1.44. The molecule has 26 heavy (non-hydrogen) atoms. The zero-order valence-electron chi connectivity index (χ0n) is 14.5. The summed E-state index contributed by atoms with van der Waals surface area (Å²) in [6, 6.07) is 6.06. The van der Waals surface area contributed by atoms with Crippen molar-refractivity contribution >= 4 is 27.7 Å². The maximum Gasteiger partial charge on any atom is 0.208 e. The number of rotatable bonds is 5. The summed E-state index contributed by atoms with van der Waals surface area (Å²) in [5.41, 5.74) is -0.167. The zero-order chi connectivity index (χ0) is 19.0. The van der Waals surface area contributed by atoms with Crippen molar-refractivity contribution in [3.8, 4) is 17.2 Å². The lowest BCUT2D eigenvalue weighted by atomic mass is 9.99. The van der Waals surface area contributed by atoms with Crippen LogP contribution in [0.3, 0.4) is 0 Å². The quantitative estimate of drug-likeness (QED) is 0.675. The smallest absolute Gasteiger partial charge is 0.208 e. The van der Waals surface area contributed by atoms with Gasteiger partial charge in [-0.3, -0.25) is 9.59 Å². The summed E-state index contributed by atoms with van der Waals surface area (Å²) in [5, 5.41) is 20.9. The molecule has 0 amide bonds. The number of carbonyl (C=O) groups excluding carboxylic acids is 1. The predicted octanol–water partition coefficient (Wildman–Crippen LogP) is 2.68. The number of fused-ring (bicyclic) bond motifs is 2. The second-order valence-electron chi connectivity index (χ2n) is 5.90. The summed E-state index contributed by atoms with van der Waals surface area (Å²) in [7, 11) is 2.78. The van der Waals surface area contributed by atoms with Gasteiger partial charge in [0.25, 0.3) is 0 Å².